The molecule has 0 aliphatic rings. The van der Waals surface area contributed by atoms with Gasteiger partial charge in [0.15, 0.2) is 11.5 Å². The molecule has 0 aliphatic carbocycles. The third kappa shape index (κ3) is 7.07. The van der Waals surface area contributed by atoms with Crippen LogP contribution < -0.4 is 14.2 Å². The molecule has 8 nitrogen and oxygen atoms in total. The third-order valence-electron chi connectivity index (χ3n) is 4.57. The van der Waals surface area contributed by atoms with Gasteiger partial charge in [-0.15, -0.1) is 10.2 Å². The number of rotatable bonds is 11. The van der Waals surface area contributed by atoms with Gasteiger partial charge in [0.2, 0.25) is 11.8 Å². The van der Waals surface area contributed by atoms with E-state index in [1.807, 2.05) is 24.3 Å². The molecule has 0 radical (unpaired) electrons. The summed E-state index contributed by atoms with van der Waals surface area (Å²) in [4.78, 5) is 14.0. The van der Waals surface area contributed by atoms with Crippen molar-refractivity contribution < 1.29 is 32.2 Å². The summed E-state index contributed by atoms with van der Waals surface area (Å²) in [6, 6.07) is 12.1. The largest absolute Gasteiger partial charge is 0.497 e. The van der Waals surface area contributed by atoms with Gasteiger partial charge >= 0.3 is 6.61 Å². The Hall–Kier alpha value is -3.34. The van der Waals surface area contributed by atoms with Gasteiger partial charge in [0.25, 0.3) is 5.22 Å². The van der Waals surface area contributed by atoms with Gasteiger partial charge in [-0.3, -0.25) is 4.79 Å². The minimum Gasteiger partial charge on any atom is -0.497 e. The second-order valence-electron chi connectivity index (χ2n) is 6.89. The van der Waals surface area contributed by atoms with E-state index in [1.54, 1.807) is 26.3 Å². The highest BCUT2D eigenvalue weighted by atomic mass is 32.2. The number of ether oxygens (including phenoxy) is 3. The molecule has 33 heavy (non-hydrogen) atoms. The number of benzene rings is 2. The Kier molecular flexibility index (Phi) is 8.47. The fraction of sp³-hybridized carbons (Fsp3) is 0.318. The standard InChI is InChI=1S/C22H23F2N3O5S/c1-27(12-15-6-9-17(31-21(23)24)18(10-15)30-3)20(28)13-33-22-26-25-19(32-22)11-14-4-7-16(29-2)8-5-14/h4-10,21H,11-13H2,1-3H3. The van der Waals surface area contributed by atoms with Crippen molar-refractivity contribution in [1.29, 1.82) is 0 Å². The Morgan fingerprint density at radius 3 is 2.45 bits per heavy atom. The Balaban J connectivity index is 1.51. The Labute approximate surface area is 193 Å². The first-order valence-corrected chi connectivity index (χ1v) is 10.8. The zero-order chi connectivity index (χ0) is 23.8. The summed E-state index contributed by atoms with van der Waals surface area (Å²) in [5.74, 6) is 1.24. The van der Waals surface area contributed by atoms with E-state index < -0.39 is 6.61 Å². The minimum absolute atomic E-state index is 0.0670. The van der Waals surface area contributed by atoms with Gasteiger partial charge in [-0.05, 0) is 35.4 Å². The van der Waals surface area contributed by atoms with Crippen molar-refractivity contribution in [2.45, 2.75) is 24.8 Å². The summed E-state index contributed by atoms with van der Waals surface area (Å²) in [6.07, 6.45) is 0.471. The van der Waals surface area contributed by atoms with Crippen molar-refractivity contribution >= 4 is 17.7 Å². The average Bonchev–Trinajstić information content (AvgIpc) is 3.25. The maximum atomic E-state index is 12.5. The number of alkyl halides is 2. The van der Waals surface area contributed by atoms with Crippen LogP contribution in [0.3, 0.4) is 0 Å². The molecule has 0 saturated carbocycles. The van der Waals surface area contributed by atoms with Crippen molar-refractivity contribution in [3.8, 4) is 17.2 Å². The van der Waals surface area contributed by atoms with Gasteiger partial charge in [-0.2, -0.15) is 8.78 Å². The average molecular weight is 480 g/mol. The predicted octanol–water partition coefficient (Wildman–Crippen LogP) is 4.03. The van der Waals surface area contributed by atoms with E-state index in [4.69, 9.17) is 13.9 Å². The lowest BCUT2D eigenvalue weighted by molar-refractivity contribution is -0.127. The summed E-state index contributed by atoms with van der Waals surface area (Å²) in [5, 5.41) is 8.30. The predicted molar refractivity (Wildman–Crippen MR) is 117 cm³/mol. The number of aromatic nitrogens is 2. The molecule has 176 valence electrons. The van der Waals surface area contributed by atoms with Crippen LogP contribution in [0.15, 0.2) is 52.1 Å². The third-order valence-corrected chi connectivity index (χ3v) is 5.37. The fourth-order valence-electron chi connectivity index (χ4n) is 2.89. The molecule has 1 heterocycles. The minimum atomic E-state index is -2.95. The molecular formula is C22H23F2N3O5S. The summed E-state index contributed by atoms with van der Waals surface area (Å²) < 4.78 is 45.2. The highest BCUT2D eigenvalue weighted by Crippen LogP contribution is 2.30. The zero-order valence-corrected chi connectivity index (χ0v) is 19.1. The molecule has 0 spiro atoms. The molecule has 3 rings (SSSR count). The number of hydrogen-bond donors (Lipinski definition) is 0. The van der Waals surface area contributed by atoms with E-state index in [0.29, 0.717) is 23.1 Å². The monoisotopic (exact) mass is 479 g/mol. The molecule has 2 aromatic carbocycles. The van der Waals surface area contributed by atoms with E-state index >= 15 is 0 Å². The lowest BCUT2D eigenvalue weighted by atomic mass is 10.1. The maximum absolute atomic E-state index is 12.5. The van der Waals surface area contributed by atoms with Crippen LogP contribution in [-0.4, -0.2) is 54.6 Å². The van der Waals surface area contributed by atoms with Gasteiger partial charge < -0.3 is 23.5 Å². The van der Waals surface area contributed by atoms with Crippen LogP contribution in [0.4, 0.5) is 8.78 Å². The zero-order valence-electron chi connectivity index (χ0n) is 18.3. The number of amides is 1. The Morgan fingerprint density at radius 1 is 1.06 bits per heavy atom. The first-order chi connectivity index (χ1) is 15.9. The number of nitrogens with zero attached hydrogens (tertiary/aromatic N) is 3. The number of thioether (sulfide) groups is 1. The lowest BCUT2D eigenvalue weighted by Crippen LogP contribution is -2.27. The topological polar surface area (TPSA) is 86.9 Å². The van der Waals surface area contributed by atoms with Crippen LogP contribution in [0.25, 0.3) is 0 Å². The quantitative estimate of drug-likeness (QED) is 0.381. The normalized spacial score (nSPS) is 10.8. The second kappa shape index (κ2) is 11.5. The molecule has 0 N–H and O–H groups in total. The molecule has 0 aliphatic heterocycles. The van der Waals surface area contributed by atoms with E-state index in [-0.39, 0.29) is 29.7 Å². The van der Waals surface area contributed by atoms with Crippen LogP contribution in [0.2, 0.25) is 0 Å². The number of methoxy groups -OCH3 is 2. The maximum Gasteiger partial charge on any atom is 0.387 e. The van der Waals surface area contributed by atoms with Crippen molar-refractivity contribution in [2.75, 3.05) is 27.0 Å². The summed E-state index contributed by atoms with van der Waals surface area (Å²) >= 11 is 1.14. The number of carbonyl (C=O) groups excluding carboxylic acids is 1. The van der Waals surface area contributed by atoms with Crippen LogP contribution in [-0.2, 0) is 17.8 Å². The van der Waals surface area contributed by atoms with Gasteiger partial charge in [-0.1, -0.05) is 30.0 Å². The molecular weight excluding hydrogens is 456 g/mol. The molecule has 0 saturated heterocycles. The van der Waals surface area contributed by atoms with Gasteiger partial charge in [-0.25, -0.2) is 0 Å². The van der Waals surface area contributed by atoms with Gasteiger partial charge in [0.05, 0.1) is 26.4 Å². The smallest absolute Gasteiger partial charge is 0.387 e. The van der Waals surface area contributed by atoms with Gasteiger partial charge in [0.1, 0.15) is 5.75 Å². The van der Waals surface area contributed by atoms with E-state index in [0.717, 1.165) is 23.1 Å². The Bertz CT molecular complexity index is 1060. The first-order valence-electron chi connectivity index (χ1n) is 9.81. The SMILES string of the molecule is COc1ccc(Cc2nnc(SCC(=O)N(C)Cc3ccc(OC(F)F)c(OC)c3)o2)cc1. The summed E-state index contributed by atoms with van der Waals surface area (Å²) in [7, 11) is 4.60. The highest BCUT2D eigenvalue weighted by molar-refractivity contribution is 7.99. The van der Waals surface area contributed by atoms with Crippen LogP contribution in [0, 0.1) is 0 Å². The summed E-state index contributed by atoms with van der Waals surface area (Å²) in [6.45, 7) is -2.69. The van der Waals surface area contributed by atoms with Crippen LogP contribution in [0.1, 0.15) is 17.0 Å². The number of carbonyl (C=O) groups is 1. The van der Waals surface area contributed by atoms with E-state index in [2.05, 4.69) is 14.9 Å². The summed E-state index contributed by atoms with van der Waals surface area (Å²) in [5.41, 5.74) is 1.70. The molecule has 0 atom stereocenters. The second-order valence-corrected chi connectivity index (χ2v) is 7.82. The molecule has 0 bridgehead atoms. The van der Waals surface area contributed by atoms with Crippen molar-refractivity contribution in [3.05, 3.63) is 59.5 Å². The van der Waals surface area contributed by atoms with Gasteiger partial charge in [0, 0.05) is 13.6 Å². The van der Waals surface area contributed by atoms with E-state index in [9.17, 15) is 13.6 Å². The van der Waals surface area contributed by atoms with E-state index in [1.165, 1.54) is 18.1 Å². The Morgan fingerprint density at radius 2 is 1.79 bits per heavy atom. The molecule has 0 fully saturated rings. The number of hydrogen-bond acceptors (Lipinski definition) is 8. The van der Waals surface area contributed by atoms with Crippen molar-refractivity contribution in [1.82, 2.24) is 15.1 Å². The van der Waals surface area contributed by atoms with Crippen molar-refractivity contribution in [3.63, 3.8) is 0 Å². The molecule has 11 heteroatoms. The molecule has 1 amide bonds. The molecule has 3 aromatic rings. The fourth-order valence-corrected chi connectivity index (χ4v) is 3.61. The molecule has 1 aromatic heterocycles. The first kappa shape index (κ1) is 24.3. The highest BCUT2D eigenvalue weighted by Gasteiger charge is 2.16. The van der Waals surface area contributed by atoms with Crippen molar-refractivity contribution in [2.24, 2.45) is 0 Å². The molecule has 0 unspecified atom stereocenters. The van der Waals surface area contributed by atoms with Crippen LogP contribution >= 0.6 is 11.8 Å². The lowest BCUT2D eigenvalue weighted by Gasteiger charge is -2.18. The number of halogens is 2. The van der Waals surface area contributed by atoms with Crippen LogP contribution in [0.5, 0.6) is 17.2 Å².